The van der Waals surface area contributed by atoms with E-state index in [4.69, 9.17) is 0 Å². The summed E-state index contributed by atoms with van der Waals surface area (Å²) in [4.78, 5) is 7.60. The fraction of sp³-hybridized carbons (Fsp3) is 0.158. The van der Waals surface area contributed by atoms with E-state index < -0.39 is 0 Å². The summed E-state index contributed by atoms with van der Waals surface area (Å²) < 4.78 is 0. The summed E-state index contributed by atoms with van der Waals surface area (Å²) in [5, 5.41) is 0. The molecule has 3 nitrogen and oxygen atoms in total. The van der Waals surface area contributed by atoms with Crippen LogP contribution in [0.15, 0.2) is 188 Å². The van der Waals surface area contributed by atoms with Crippen LogP contribution >= 0.6 is 0 Å². The minimum atomic E-state index is -0.0750. The van der Waals surface area contributed by atoms with Gasteiger partial charge in [-0.15, -0.1) is 0 Å². The van der Waals surface area contributed by atoms with Gasteiger partial charge in [0.2, 0.25) is 0 Å². The van der Waals surface area contributed by atoms with Crippen LogP contribution in [0, 0.1) is 0 Å². The second kappa shape index (κ2) is 14.2. The van der Waals surface area contributed by atoms with Crippen molar-refractivity contribution in [2.24, 2.45) is 0 Å². The monoisotopic (exact) mass is 785 g/mol. The topological polar surface area (TPSA) is 9.72 Å². The summed E-state index contributed by atoms with van der Waals surface area (Å²) in [6, 6.07) is 70.7. The molecule has 0 amide bonds. The first-order chi connectivity index (χ1) is 30.0. The molecule has 2 aliphatic carbocycles. The van der Waals surface area contributed by atoms with Gasteiger partial charge in [0, 0.05) is 56.6 Å². The van der Waals surface area contributed by atoms with E-state index in [-0.39, 0.29) is 12.1 Å². The molecule has 0 saturated heterocycles. The van der Waals surface area contributed by atoms with Crippen molar-refractivity contribution in [2.75, 3.05) is 14.7 Å². The zero-order chi connectivity index (χ0) is 40.7. The van der Waals surface area contributed by atoms with Gasteiger partial charge in [-0.25, -0.2) is 0 Å². The van der Waals surface area contributed by atoms with Crippen LogP contribution in [0.3, 0.4) is 0 Å². The largest absolute Gasteiger partial charge is 0.311 e. The Bertz CT molecular complexity index is 2910. The van der Waals surface area contributed by atoms with Crippen LogP contribution in [0.1, 0.15) is 68.6 Å². The van der Waals surface area contributed by atoms with Crippen molar-refractivity contribution in [3.63, 3.8) is 0 Å². The van der Waals surface area contributed by atoms with E-state index in [9.17, 15) is 0 Å². The lowest BCUT2D eigenvalue weighted by molar-refractivity contribution is 0.444. The van der Waals surface area contributed by atoms with Gasteiger partial charge in [-0.3, -0.25) is 0 Å². The van der Waals surface area contributed by atoms with E-state index >= 15 is 0 Å². The summed E-state index contributed by atoms with van der Waals surface area (Å²) >= 11 is 0. The average molecular weight is 786 g/mol. The molecule has 0 aromatic heterocycles. The van der Waals surface area contributed by atoms with Crippen molar-refractivity contribution in [1.29, 1.82) is 0 Å². The number of rotatable bonds is 6. The zero-order valence-corrected chi connectivity index (χ0v) is 34.9. The van der Waals surface area contributed by atoms with Gasteiger partial charge in [0.15, 0.2) is 0 Å². The molecule has 0 bridgehead atoms. The molecule has 61 heavy (non-hydrogen) atoms. The summed E-state index contributed by atoms with van der Waals surface area (Å²) in [5.74, 6) is 0.525. The molecule has 8 aromatic carbocycles. The molecule has 12 rings (SSSR count). The third-order valence-corrected chi connectivity index (χ3v) is 14.2. The van der Waals surface area contributed by atoms with Crippen LogP contribution in [-0.2, 0) is 5.41 Å². The molecule has 0 spiro atoms. The van der Waals surface area contributed by atoms with Crippen molar-refractivity contribution < 1.29 is 0 Å². The first kappa shape index (κ1) is 36.1. The minimum Gasteiger partial charge on any atom is -0.311 e. The molecule has 4 heteroatoms. The lowest BCUT2D eigenvalue weighted by atomic mass is 9.33. The molecule has 0 atom stereocenters. The van der Waals surface area contributed by atoms with Gasteiger partial charge in [-0.1, -0.05) is 142 Å². The third kappa shape index (κ3) is 5.65. The van der Waals surface area contributed by atoms with Crippen LogP contribution in [0.2, 0.25) is 0 Å². The highest BCUT2D eigenvalue weighted by Gasteiger charge is 2.45. The molecule has 0 N–H and O–H groups in total. The first-order valence-electron chi connectivity index (χ1n) is 22.3. The zero-order valence-electron chi connectivity index (χ0n) is 34.9. The lowest BCUT2D eigenvalue weighted by Gasteiger charge is -2.45. The maximum Gasteiger partial charge on any atom is 0.252 e. The van der Waals surface area contributed by atoms with E-state index in [1.807, 2.05) is 0 Å². The molecule has 0 unspecified atom stereocenters. The van der Waals surface area contributed by atoms with Gasteiger partial charge in [0.1, 0.15) is 0 Å². The fourth-order valence-electron chi connectivity index (χ4n) is 11.3. The number of hydrogen-bond donors (Lipinski definition) is 0. The summed E-state index contributed by atoms with van der Waals surface area (Å²) in [6.07, 6.45) is 6.37. The molecule has 2 heterocycles. The van der Waals surface area contributed by atoms with E-state index in [1.165, 1.54) is 110 Å². The molecule has 4 aliphatic rings. The van der Waals surface area contributed by atoms with Gasteiger partial charge in [0.25, 0.3) is 6.71 Å². The Balaban J connectivity index is 1.16. The Morgan fingerprint density at radius 1 is 0.459 bits per heavy atom. The number of para-hydroxylation sites is 4. The average Bonchev–Trinajstić information content (AvgIpc) is 3.55. The molecule has 1 saturated carbocycles. The number of benzene rings is 8. The smallest absolute Gasteiger partial charge is 0.252 e. The maximum absolute atomic E-state index is 2.64. The van der Waals surface area contributed by atoms with Crippen LogP contribution in [0.5, 0.6) is 0 Å². The SMILES string of the molecule is CC1(C)c2ccccc2-c2cc(N3c4cc(N(c5ccccc5)c5ccccc5)ccc4B4c5ccccc5N(c5ccccc5)c5cc(C6CCCCC6)cc3c54)ccc21. The third-order valence-electron chi connectivity index (χ3n) is 14.2. The fourth-order valence-corrected chi connectivity index (χ4v) is 11.3. The Morgan fingerprint density at radius 3 is 1.77 bits per heavy atom. The summed E-state index contributed by atoms with van der Waals surface area (Å²) in [7, 11) is 0. The second-order valence-electron chi connectivity index (χ2n) is 18.0. The summed E-state index contributed by atoms with van der Waals surface area (Å²) in [5.41, 5.74) is 21.8. The van der Waals surface area contributed by atoms with E-state index in [1.54, 1.807) is 0 Å². The van der Waals surface area contributed by atoms with E-state index in [0.29, 0.717) is 5.92 Å². The predicted molar refractivity (Wildman–Crippen MR) is 259 cm³/mol. The van der Waals surface area contributed by atoms with Crippen molar-refractivity contribution in [3.05, 3.63) is 205 Å². The van der Waals surface area contributed by atoms with Crippen LogP contribution < -0.4 is 31.1 Å². The molecule has 1 fully saturated rings. The van der Waals surface area contributed by atoms with Crippen molar-refractivity contribution >= 4 is 74.3 Å². The van der Waals surface area contributed by atoms with Crippen LogP contribution in [0.4, 0.5) is 51.2 Å². The van der Waals surface area contributed by atoms with Gasteiger partial charge in [0.05, 0.1) is 0 Å². The predicted octanol–water partition coefficient (Wildman–Crippen LogP) is 13.6. The number of anilines is 9. The Hall–Kier alpha value is -6.78. The molecule has 0 radical (unpaired) electrons. The minimum absolute atomic E-state index is 0.0536. The first-order valence-corrected chi connectivity index (χ1v) is 22.3. The highest BCUT2D eigenvalue weighted by atomic mass is 15.2. The van der Waals surface area contributed by atoms with Gasteiger partial charge in [-0.2, -0.15) is 0 Å². The van der Waals surface area contributed by atoms with Crippen LogP contribution in [-0.4, -0.2) is 6.71 Å². The molecular formula is C57H48BN3. The standard InChI is InChI=1S/C57H48BN3/c1-57(2)48-28-16-15-27-46(48)47-37-44(31-33-49(47)57)61-53-38-45(59(41-21-9-4-10-22-41)42-23-11-5-12-24-42)32-34-51(53)58-50-29-17-18-30-52(50)60(43-25-13-6-14-26-43)54-35-40(36-55(61)56(54)58)39-19-7-3-8-20-39/h4-6,9-18,21-39H,3,7-8,19-20H2,1-2H3. The van der Waals surface area contributed by atoms with Gasteiger partial charge in [-0.05, 0) is 142 Å². The quantitative estimate of drug-likeness (QED) is 0.156. The number of fused-ring (bicyclic) bond motifs is 7. The second-order valence-corrected chi connectivity index (χ2v) is 18.0. The Labute approximate surface area is 360 Å². The number of nitrogens with zero attached hydrogens (tertiary/aromatic N) is 3. The highest BCUT2D eigenvalue weighted by molar-refractivity contribution is 7.00. The Morgan fingerprint density at radius 2 is 1.05 bits per heavy atom. The van der Waals surface area contributed by atoms with Crippen molar-refractivity contribution in [1.82, 2.24) is 0 Å². The lowest BCUT2D eigenvalue weighted by Crippen LogP contribution is -2.61. The van der Waals surface area contributed by atoms with E-state index in [0.717, 1.165) is 17.1 Å². The van der Waals surface area contributed by atoms with Gasteiger partial charge < -0.3 is 14.7 Å². The van der Waals surface area contributed by atoms with Crippen LogP contribution in [0.25, 0.3) is 11.1 Å². The molecule has 294 valence electrons. The summed E-state index contributed by atoms with van der Waals surface area (Å²) in [6.45, 7) is 4.82. The highest BCUT2D eigenvalue weighted by Crippen LogP contribution is 2.52. The number of hydrogen-bond acceptors (Lipinski definition) is 3. The van der Waals surface area contributed by atoms with Crippen molar-refractivity contribution in [2.45, 2.75) is 57.3 Å². The normalized spacial score (nSPS) is 15.7. The van der Waals surface area contributed by atoms with Crippen molar-refractivity contribution in [3.8, 4) is 11.1 Å². The molecule has 8 aromatic rings. The Kier molecular flexibility index (Phi) is 8.39. The molecule has 2 aliphatic heterocycles. The van der Waals surface area contributed by atoms with E-state index in [2.05, 4.69) is 217 Å². The van der Waals surface area contributed by atoms with Gasteiger partial charge >= 0.3 is 0 Å². The maximum atomic E-state index is 2.64. The molecular weight excluding hydrogens is 737 g/mol.